The van der Waals surface area contributed by atoms with Crippen LogP contribution in [-0.4, -0.2) is 27.8 Å². The predicted molar refractivity (Wildman–Crippen MR) is 53.3 cm³/mol. The van der Waals surface area contributed by atoms with Crippen molar-refractivity contribution in [1.82, 2.24) is 15.2 Å². The average Bonchev–Trinajstić information content (AvgIpc) is 2.44. The molecule has 0 aromatic rings. The Balaban J connectivity index is 2.30. The lowest BCUT2D eigenvalue weighted by atomic mass is 10.1. The Labute approximate surface area is 83.9 Å². The predicted octanol–water partition coefficient (Wildman–Crippen LogP) is 1.90. The average molecular weight is 193 g/mol. The molecule has 76 valence electrons. The minimum atomic E-state index is 0.0441. The zero-order valence-corrected chi connectivity index (χ0v) is 8.97. The first-order chi connectivity index (χ1) is 6.50. The van der Waals surface area contributed by atoms with Crippen LogP contribution in [0.3, 0.4) is 0 Å². The number of nitrogens with zero attached hydrogens (tertiary/aromatic N) is 5. The second kappa shape index (κ2) is 2.81. The van der Waals surface area contributed by atoms with Gasteiger partial charge in [-0.1, -0.05) is 0 Å². The fourth-order valence-electron chi connectivity index (χ4n) is 1.55. The van der Waals surface area contributed by atoms with Crippen molar-refractivity contribution in [3.63, 3.8) is 0 Å². The van der Waals surface area contributed by atoms with E-state index in [-0.39, 0.29) is 5.54 Å². The van der Waals surface area contributed by atoms with E-state index in [9.17, 15) is 0 Å². The van der Waals surface area contributed by atoms with Crippen molar-refractivity contribution >= 4 is 0 Å². The molecular formula is C9H15N5. The quantitative estimate of drug-likeness (QED) is 0.589. The minimum absolute atomic E-state index is 0.0441. The van der Waals surface area contributed by atoms with Gasteiger partial charge in [0.15, 0.2) is 0 Å². The van der Waals surface area contributed by atoms with E-state index in [1.165, 1.54) is 0 Å². The van der Waals surface area contributed by atoms with Gasteiger partial charge < -0.3 is 0 Å². The highest BCUT2D eigenvalue weighted by Gasteiger charge is 2.33. The summed E-state index contributed by atoms with van der Waals surface area (Å²) in [5.74, 6) is 0. The summed E-state index contributed by atoms with van der Waals surface area (Å²) in [7, 11) is 1.97. The Morgan fingerprint density at radius 1 is 1.29 bits per heavy atom. The fraction of sp³-hybridized carbons (Fsp3) is 0.556. The van der Waals surface area contributed by atoms with Gasteiger partial charge in [0.2, 0.25) is 0 Å². The van der Waals surface area contributed by atoms with Crippen molar-refractivity contribution in [2.75, 3.05) is 7.05 Å². The molecule has 0 aliphatic carbocycles. The Hall–Kier alpha value is -1.36. The first-order valence-electron chi connectivity index (χ1n) is 4.62. The van der Waals surface area contributed by atoms with Crippen LogP contribution in [0.25, 0.3) is 0 Å². The summed E-state index contributed by atoms with van der Waals surface area (Å²) in [6, 6.07) is 0. The molecule has 0 saturated carbocycles. The summed E-state index contributed by atoms with van der Waals surface area (Å²) in [5.41, 5.74) is 1.08. The Bertz CT molecular complexity index is 323. The van der Waals surface area contributed by atoms with Crippen LogP contribution in [0.2, 0.25) is 0 Å². The van der Waals surface area contributed by atoms with E-state index in [1.807, 2.05) is 18.2 Å². The van der Waals surface area contributed by atoms with Crippen molar-refractivity contribution in [3.05, 3.63) is 24.2 Å². The normalized spacial score (nSPS) is 21.6. The third-order valence-corrected chi connectivity index (χ3v) is 2.21. The Morgan fingerprint density at radius 2 is 2.00 bits per heavy atom. The lowest BCUT2D eigenvalue weighted by molar-refractivity contribution is -0.134. The van der Waals surface area contributed by atoms with E-state index < -0.39 is 0 Å². The van der Waals surface area contributed by atoms with Gasteiger partial charge in [-0.05, 0) is 32.1 Å². The maximum absolute atomic E-state index is 4.02. The maximum atomic E-state index is 4.02. The molecule has 0 aromatic heterocycles. The molecule has 2 heterocycles. The molecule has 0 atom stereocenters. The first-order valence-corrected chi connectivity index (χ1v) is 4.62. The topological polar surface area (TPSA) is 34.4 Å². The molecule has 2 aliphatic heterocycles. The highest BCUT2D eigenvalue weighted by atomic mass is 16.0. The SMILES string of the molecule is CN1N2N=NC=CC2=CN1C(C)(C)C. The molecule has 2 aliphatic rings. The third-order valence-electron chi connectivity index (χ3n) is 2.21. The Kier molecular flexibility index (Phi) is 1.85. The van der Waals surface area contributed by atoms with E-state index in [4.69, 9.17) is 0 Å². The van der Waals surface area contributed by atoms with Crippen molar-refractivity contribution in [3.8, 4) is 0 Å². The fourth-order valence-corrected chi connectivity index (χ4v) is 1.55. The number of rotatable bonds is 0. The van der Waals surface area contributed by atoms with Crippen molar-refractivity contribution in [2.45, 2.75) is 26.3 Å². The number of hydrogen-bond donors (Lipinski definition) is 0. The van der Waals surface area contributed by atoms with Gasteiger partial charge in [0, 0.05) is 18.8 Å². The molecule has 0 N–H and O–H groups in total. The number of fused-ring (bicyclic) bond motifs is 1. The Morgan fingerprint density at radius 3 is 2.57 bits per heavy atom. The van der Waals surface area contributed by atoms with Gasteiger partial charge in [-0.3, -0.25) is 5.01 Å². The van der Waals surface area contributed by atoms with Crippen LogP contribution in [0, 0.1) is 0 Å². The smallest absolute Gasteiger partial charge is 0.101 e. The van der Waals surface area contributed by atoms with Crippen LogP contribution in [0.1, 0.15) is 20.8 Å². The van der Waals surface area contributed by atoms with Crippen LogP contribution in [0.15, 0.2) is 34.5 Å². The molecule has 0 aromatic carbocycles. The number of allylic oxidation sites excluding steroid dienone is 1. The standard InChI is InChI=1S/C9H15N5/c1-9(2,3)13-7-8-5-6-10-11-14(8)12(13)4/h5-7H,1-4H3. The van der Waals surface area contributed by atoms with Crippen molar-refractivity contribution < 1.29 is 0 Å². The molecular weight excluding hydrogens is 178 g/mol. The van der Waals surface area contributed by atoms with E-state index in [0.717, 1.165) is 5.70 Å². The van der Waals surface area contributed by atoms with Crippen LogP contribution in [0.4, 0.5) is 0 Å². The number of hydrogen-bond acceptors (Lipinski definition) is 5. The van der Waals surface area contributed by atoms with E-state index >= 15 is 0 Å². The van der Waals surface area contributed by atoms with Gasteiger partial charge in [0.1, 0.15) is 5.70 Å². The van der Waals surface area contributed by atoms with Gasteiger partial charge in [-0.25, -0.2) is 0 Å². The lowest BCUT2D eigenvalue weighted by Crippen LogP contribution is -2.48. The summed E-state index contributed by atoms with van der Waals surface area (Å²) >= 11 is 0. The van der Waals surface area contributed by atoms with Crippen molar-refractivity contribution in [1.29, 1.82) is 0 Å². The second-order valence-electron chi connectivity index (χ2n) is 4.37. The molecule has 0 unspecified atom stereocenters. The maximum Gasteiger partial charge on any atom is 0.101 e. The highest BCUT2D eigenvalue weighted by molar-refractivity contribution is 5.20. The summed E-state index contributed by atoms with van der Waals surface area (Å²) in [6.45, 7) is 6.46. The van der Waals surface area contributed by atoms with Gasteiger partial charge in [-0.2, -0.15) is 5.12 Å². The molecule has 0 fully saturated rings. The number of hydrazine groups is 2. The second-order valence-corrected chi connectivity index (χ2v) is 4.37. The monoisotopic (exact) mass is 193 g/mol. The van der Waals surface area contributed by atoms with Crippen LogP contribution in [-0.2, 0) is 0 Å². The summed E-state index contributed by atoms with van der Waals surface area (Å²) in [5, 5.41) is 13.7. The first kappa shape index (κ1) is 9.21. The summed E-state index contributed by atoms with van der Waals surface area (Å²) < 4.78 is 0. The zero-order chi connectivity index (χ0) is 10.3. The van der Waals surface area contributed by atoms with Crippen molar-refractivity contribution in [2.24, 2.45) is 10.3 Å². The largest absolute Gasteiger partial charge is 0.287 e. The molecule has 0 amide bonds. The van der Waals surface area contributed by atoms with Crippen LogP contribution >= 0.6 is 0 Å². The minimum Gasteiger partial charge on any atom is -0.287 e. The molecule has 0 saturated heterocycles. The van der Waals surface area contributed by atoms with Gasteiger partial charge in [-0.15, -0.1) is 10.2 Å². The van der Waals surface area contributed by atoms with E-state index in [1.54, 1.807) is 11.3 Å². The third kappa shape index (κ3) is 1.29. The molecule has 5 nitrogen and oxygen atoms in total. The molecule has 14 heavy (non-hydrogen) atoms. The highest BCUT2D eigenvalue weighted by Crippen LogP contribution is 2.29. The van der Waals surface area contributed by atoms with Gasteiger partial charge in [0.05, 0.1) is 6.20 Å². The zero-order valence-electron chi connectivity index (χ0n) is 8.97. The van der Waals surface area contributed by atoms with Crippen LogP contribution < -0.4 is 0 Å². The van der Waals surface area contributed by atoms with Gasteiger partial charge in [0.25, 0.3) is 0 Å². The van der Waals surface area contributed by atoms with Gasteiger partial charge >= 0.3 is 0 Å². The summed E-state index contributed by atoms with van der Waals surface area (Å²) in [6.07, 6.45) is 5.70. The lowest BCUT2D eigenvalue weighted by Gasteiger charge is -2.38. The van der Waals surface area contributed by atoms with Crippen LogP contribution in [0.5, 0.6) is 0 Å². The molecule has 0 bridgehead atoms. The molecule has 0 radical (unpaired) electrons. The summed E-state index contributed by atoms with van der Waals surface area (Å²) in [4.78, 5) is 0. The van der Waals surface area contributed by atoms with E-state index in [2.05, 4.69) is 42.3 Å². The van der Waals surface area contributed by atoms with E-state index in [0.29, 0.717) is 0 Å². The molecule has 2 rings (SSSR count). The molecule has 5 heteroatoms. The molecule has 0 spiro atoms.